The first-order valence-corrected chi connectivity index (χ1v) is 19.9. The molecule has 0 rings (SSSR count). The quantitative estimate of drug-likeness (QED) is 0.0312. The number of carbonyl (C=O) groups is 1. The lowest BCUT2D eigenvalue weighted by Gasteiger charge is -2.23. The Labute approximate surface area is 298 Å². The summed E-state index contributed by atoms with van der Waals surface area (Å²) < 4.78 is 21.9. The summed E-state index contributed by atoms with van der Waals surface area (Å²) in [5.41, 5.74) is 5.34. The number of aliphatic hydroxyl groups is 1. The zero-order valence-electron chi connectivity index (χ0n) is 30.4. The van der Waals surface area contributed by atoms with Crippen LogP contribution in [0.2, 0.25) is 0 Å². The number of unbranched alkanes of at least 4 members (excludes halogenated alkanes) is 6. The van der Waals surface area contributed by atoms with Gasteiger partial charge in [0.15, 0.2) is 0 Å². The van der Waals surface area contributed by atoms with Crippen molar-refractivity contribution in [1.82, 2.24) is 5.32 Å². The van der Waals surface area contributed by atoms with Crippen molar-refractivity contribution in [2.45, 2.75) is 129 Å². The van der Waals surface area contributed by atoms with Crippen molar-refractivity contribution < 1.29 is 28.4 Å². The summed E-state index contributed by atoms with van der Waals surface area (Å²) in [4.78, 5) is 22.5. The van der Waals surface area contributed by atoms with Crippen molar-refractivity contribution in [3.05, 3.63) is 97.2 Å². The molecule has 9 heteroatoms. The van der Waals surface area contributed by atoms with Gasteiger partial charge < -0.3 is 21.1 Å². The van der Waals surface area contributed by atoms with E-state index in [1.165, 1.54) is 32.1 Å². The molecule has 0 aromatic heterocycles. The molecular formula is C40H67N2O6P. The van der Waals surface area contributed by atoms with Crippen LogP contribution in [0.1, 0.15) is 117 Å². The normalized spacial score (nSPS) is 15.4. The number of phosphoric acid groups is 1. The Balaban J connectivity index is 4.52. The fraction of sp³-hybridized carbons (Fsp3) is 0.575. The molecule has 0 spiro atoms. The summed E-state index contributed by atoms with van der Waals surface area (Å²) in [5, 5.41) is 13.5. The number of nitrogens with one attached hydrogen (secondary N) is 1. The maximum atomic E-state index is 12.6. The minimum atomic E-state index is -4.36. The number of carbonyl (C=O) groups excluding carboxylic acids is 1. The fourth-order valence-corrected chi connectivity index (χ4v) is 5.16. The van der Waals surface area contributed by atoms with Crippen molar-refractivity contribution in [2.24, 2.45) is 5.73 Å². The Kier molecular flexibility index (Phi) is 33.4. The van der Waals surface area contributed by atoms with E-state index < -0.39 is 26.6 Å². The molecule has 49 heavy (non-hydrogen) atoms. The van der Waals surface area contributed by atoms with Crippen molar-refractivity contribution in [3.63, 3.8) is 0 Å². The van der Waals surface area contributed by atoms with Crippen LogP contribution < -0.4 is 11.1 Å². The van der Waals surface area contributed by atoms with E-state index in [1.807, 2.05) is 18.2 Å². The molecule has 0 aliphatic rings. The summed E-state index contributed by atoms with van der Waals surface area (Å²) in [5.74, 6) is -0.293. The molecule has 0 aliphatic carbocycles. The van der Waals surface area contributed by atoms with Crippen LogP contribution in [0, 0.1) is 0 Å². The van der Waals surface area contributed by atoms with E-state index in [0.717, 1.165) is 57.8 Å². The van der Waals surface area contributed by atoms with Gasteiger partial charge in [0.25, 0.3) is 0 Å². The van der Waals surface area contributed by atoms with E-state index in [0.29, 0.717) is 6.42 Å². The highest BCUT2D eigenvalue weighted by Gasteiger charge is 2.26. The van der Waals surface area contributed by atoms with Gasteiger partial charge in [0.05, 0.1) is 25.4 Å². The summed E-state index contributed by atoms with van der Waals surface area (Å²) in [6.07, 6.45) is 47.6. The maximum absolute atomic E-state index is 12.6. The predicted molar refractivity (Wildman–Crippen MR) is 207 cm³/mol. The molecule has 0 bridgehead atoms. The van der Waals surface area contributed by atoms with Crippen molar-refractivity contribution in [1.29, 1.82) is 0 Å². The Bertz CT molecular complexity index is 1080. The van der Waals surface area contributed by atoms with E-state index in [9.17, 15) is 19.4 Å². The Morgan fingerprint density at radius 1 is 0.694 bits per heavy atom. The molecule has 0 aromatic rings. The number of hydrogen-bond acceptors (Lipinski definition) is 6. The predicted octanol–water partition coefficient (Wildman–Crippen LogP) is 9.66. The first kappa shape index (κ1) is 46.4. The van der Waals surface area contributed by atoms with Crippen molar-refractivity contribution in [3.8, 4) is 0 Å². The van der Waals surface area contributed by atoms with Crippen LogP contribution in [0.4, 0.5) is 0 Å². The highest BCUT2D eigenvalue weighted by Crippen LogP contribution is 2.43. The second-order valence-electron chi connectivity index (χ2n) is 11.7. The fourth-order valence-electron chi connectivity index (χ4n) is 4.40. The van der Waals surface area contributed by atoms with Gasteiger partial charge in [0.1, 0.15) is 0 Å². The Morgan fingerprint density at radius 3 is 1.78 bits per heavy atom. The van der Waals surface area contributed by atoms with Gasteiger partial charge in [-0.25, -0.2) is 4.57 Å². The molecule has 3 unspecified atom stereocenters. The molecule has 0 heterocycles. The zero-order valence-corrected chi connectivity index (χ0v) is 31.3. The van der Waals surface area contributed by atoms with Crippen LogP contribution in [0.5, 0.6) is 0 Å². The van der Waals surface area contributed by atoms with E-state index in [2.05, 4.69) is 92.1 Å². The third-order valence-electron chi connectivity index (χ3n) is 7.16. The molecule has 0 saturated carbocycles. The van der Waals surface area contributed by atoms with Crippen LogP contribution in [0.3, 0.4) is 0 Å². The molecular weight excluding hydrogens is 635 g/mol. The molecule has 0 radical (unpaired) electrons. The molecule has 0 saturated heterocycles. The summed E-state index contributed by atoms with van der Waals surface area (Å²) in [7, 11) is -4.36. The minimum absolute atomic E-state index is 0.0569. The molecule has 0 fully saturated rings. The van der Waals surface area contributed by atoms with Crippen LogP contribution >= 0.6 is 7.82 Å². The lowest BCUT2D eigenvalue weighted by molar-refractivity contribution is -0.122. The smallest absolute Gasteiger partial charge is 0.387 e. The first-order valence-electron chi connectivity index (χ1n) is 18.4. The Morgan fingerprint density at radius 2 is 1.20 bits per heavy atom. The highest BCUT2D eigenvalue weighted by molar-refractivity contribution is 7.47. The third kappa shape index (κ3) is 33.7. The number of hydrogen-bond donors (Lipinski definition) is 4. The average molecular weight is 703 g/mol. The van der Waals surface area contributed by atoms with Gasteiger partial charge >= 0.3 is 7.82 Å². The number of aliphatic hydroxyl groups excluding tert-OH is 1. The molecule has 0 aromatic carbocycles. The van der Waals surface area contributed by atoms with Crippen LogP contribution in [0.15, 0.2) is 97.2 Å². The van der Waals surface area contributed by atoms with Gasteiger partial charge in [-0.15, -0.1) is 0 Å². The summed E-state index contributed by atoms with van der Waals surface area (Å²) in [6.45, 7) is 3.87. The Hall–Kier alpha value is -2.58. The topological polar surface area (TPSA) is 131 Å². The van der Waals surface area contributed by atoms with Gasteiger partial charge in [-0.1, -0.05) is 137 Å². The van der Waals surface area contributed by atoms with Gasteiger partial charge in [-0.05, 0) is 70.6 Å². The average Bonchev–Trinajstić information content (AvgIpc) is 3.09. The number of allylic oxidation sites excluding steroid dienone is 15. The van der Waals surface area contributed by atoms with E-state index >= 15 is 0 Å². The number of amides is 1. The lowest BCUT2D eigenvalue weighted by atomic mass is 10.1. The van der Waals surface area contributed by atoms with E-state index in [4.69, 9.17) is 14.8 Å². The van der Waals surface area contributed by atoms with Crippen molar-refractivity contribution >= 4 is 13.7 Å². The van der Waals surface area contributed by atoms with Gasteiger partial charge in [-0.3, -0.25) is 13.8 Å². The monoisotopic (exact) mass is 702 g/mol. The van der Waals surface area contributed by atoms with Crippen LogP contribution in [0.25, 0.3) is 0 Å². The van der Waals surface area contributed by atoms with Gasteiger partial charge in [0, 0.05) is 13.0 Å². The number of rotatable bonds is 32. The molecule has 8 nitrogen and oxygen atoms in total. The second kappa shape index (κ2) is 35.3. The number of phosphoric ester groups is 1. The molecule has 0 aliphatic heterocycles. The van der Waals surface area contributed by atoms with Gasteiger partial charge in [0.2, 0.25) is 5.91 Å². The van der Waals surface area contributed by atoms with Gasteiger partial charge in [-0.2, -0.15) is 0 Å². The largest absolute Gasteiger partial charge is 0.472 e. The molecule has 3 atom stereocenters. The number of nitrogens with two attached hydrogens (primary N) is 1. The zero-order chi connectivity index (χ0) is 36.1. The minimum Gasteiger partial charge on any atom is -0.387 e. The lowest BCUT2D eigenvalue weighted by Crippen LogP contribution is -2.45. The second-order valence-corrected chi connectivity index (χ2v) is 13.1. The van der Waals surface area contributed by atoms with E-state index in [-0.39, 0.29) is 25.5 Å². The van der Waals surface area contributed by atoms with Crippen LogP contribution in [-0.4, -0.2) is 47.8 Å². The first-order chi connectivity index (χ1) is 23.9. The highest BCUT2D eigenvalue weighted by atomic mass is 31.2. The third-order valence-corrected chi connectivity index (χ3v) is 8.14. The molecule has 1 amide bonds. The van der Waals surface area contributed by atoms with Crippen LogP contribution in [-0.2, 0) is 18.4 Å². The SMILES string of the molecule is CC/C=C\C/C=C\C/C=C\C/C=C\C/C=C\C/C=C\CCC(=O)NC(COP(=O)(O)OCCN)C(O)/C=C/CC/C=C/CCCCCCC. The summed E-state index contributed by atoms with van der Waals surface area (Å²) >= 11 is 0. The summed E-state index contributed by atoms with van der Waals surface area (Å²) in [6, 6.07) is -0.922. The standard InChI is InChI=1S/C40H67N2O6P/c1-3-5-7-9-11-13-15-16-17-18-19-20-21-22-24-26-28-30-32-34-40(44)42-38(37-48-49(45,46)47-36-35-41)39(43)33-31-29-27-25-23-14-12-10-8-6-4-2/h5,7,11,13,16-17,19-20,22-25,28,30-31,33,38-39,43H,3-4,6,8-10,12,14-15,18,21,26-27,29,32,34-37,41H2,1-2H3,(H,42,44)(H,45,46)/b7-5-,13-11-,17-16-,20-19-,24-22-,25-23+,30-28-,33-31+. The maximum Gasteiger partial charge on any atom is 0.472 e. The van der Waals surface area contributed by atoms with Crippen molar-refractivity contribution in [2.75, 3.05) is 19.8 Å². The molecule has 5 N–H and O–H groups in total. The molecule has 278 valence electrons. The van der Waals surface area contributed by atoms with E-state index in [1.54, 1.807) is 6.08 Å².